The Morgan fingerprint density at radius 2 is 2.07 bits per heavy atom. The molecule has 0 atom stereocenters. The minimum atomic E-state index is -0.894. The molecular formula is C10H8N2O2. The lowest BCUT2D eigenvalue weighted by Gasteiger charge is -1.98. The number of benzene rings is 1. The molecule has 1 aromatic heterocycles. The van der Waals surface area contributed by atoms with E-state index in [1.54, 1.807) is 6.07 Å². The number of hydrogen-bond donors (Lipinski definition) is 1. The zero-order valence-electron chi connectivity index (χ0n) is 7.34. The molecule has 0 bridgehead atoms. The Morgan fingerprint density at radius 1 is 1.29 bits per heavy atom. The fraction of sp³-hybridized carbons (Fsp3) is 0.100. The molecule has 4 nitrogen and oxygen atoms in total. The van der Waals surface area contributed by atoms with Crippen LogP contribution in [-0.2, 0) is 11.2 Å². The standard InChI is InChI=1S/C10H8N2O2/c13-10(14)6-8-5-7-3-1-2-4-9(7)12-11-8/h1-5H,6H2,(H,13,14). The number of hydrogen-bond acceptors (Lipinski definition) is 3. The van der Waals surface area contributed by atoms with Gasteiger partial charge in [0.25, 0.3) is 0 Å². The largest absolute Gasteiger partial charge is 0.481 e. The van der Waals surface area contributed by atoms with Crippen LogP contribution < -0.4 is 0 Å². The van der Waals surface area contributed by atoms with Gasteiger partial charge in [-0.1, -0.05) is 18.2 Å². The first-order valence-corrected chi connectivity index (χ1v) is 4.19. The van der Waals surface area contributed by atoms with Crippen LogP contribution >= 0.6 is 0 Å². The molecule has 0 amide bonds. The number of aromatic nitrogens is 2. The van der Waals surface area contributed by atoms with Gasteiger partial charge in [0.1, 0.15) is 0 Å². The first-order chi connectivity index (χ1) is 6.75. The molecule has 0 saturated carbocycles. The molecule has 0 saturated heterocycles. The predicted molar refractivity (Wildman–Crippen MR) is 50.9 cm³/mol. The van der Waals surface area contributed by atoms with Crippen molar-refractivity contribution in [2.24, 2.45) is 0 Å². The van der Waals surface area contributed by atoms with Gasteiger partial charge in [-0.05, 0) is 12.1 Å². The molecule has 0 fully saturated rings. The Kier molecular flexibility index (Phi) is 2.10. The molecule has 0 spiro atoms. The lowest BCUT2D eigenvalue weighted by Crippen LogP contribution is -2.03. The Balaban J connectivity index is 2.46. The SMILES string of the molecule is O=C(O)Cc1cc2ccccc2nn1. The summed E-state index contributed by atoms with van der Waals surface area (Å²) in [7, 11) is 0. The smallest absolute Gasteiger partial charge is 0.309 e. The number of fused-ring (bicyclic) bond motifs is 1. The summed E-state index contributed by atoms with van der Waals surface area (Å²) in [5.41, 5.74) is 1.26. The van der Waals surface area contributed by atoms with E-state index in [1.165, 1.54) is 0 Å². The van der Waals surface area contributed by atoms with Gasteiger partial charge >= 0.3 is 5.97 Å². The third kappa shape index (κ3) is 1.69. The van der Waals surface area contributed by atoms with Crippen LogP contribution in [0, 0.1) is 0 Å². The highest BCUT2D eigenvalue weighted by Gasteiger charge is 2.03. The quantitative estimate of drug-likeness (QED) is 0.770. The minimum Gasteiger partial charge on any atom is -0.481 e. The molecule has 0 aliphatic carbocycles. The number of carbonyl (C=O) groups is 1. The topological polar surface area (TPSA) is 63.1 Å². The van der Waals surface area contributed by atoms with E-state index in [-0.39, 0.29) is 6.42 Å². The zero-order chi connectivity index (χ0) is 9.97. The normalized spacial score (nSPS) is 10.3. The summed E-state index contributed by atoms with van der Waals surface area (Å²) in [6.45, 7) is 0. The highest BCUT2D eigenvalue weighted by Crippen LogP contribution is 2.10. The van der Waals surface area contributed by atoms with E-state index in [0.717, 1.165) is 10.9 Å². The van der Waals surface area contributed by atoms with E-state index >= 15 is 0 Å². The molecule has 14 heavy (non-hydrogen) atoms. The fourth-order valence-corrected chi connectivity index (χ4v) is 1.27. The molecule has 0 unspecified atom stereocenters. The van der Waals surface area contributed by atoms with Crippen molar-refractivity contribution in [2.75, 3.05) is 0 Å². The second-order valence-electron chi connectivity index (χ2n) is 2.97. The summed E-state index contributed by atoms with van der Waals surface area (Å²) >= 11 is 0. The van der Waals surface area contributed by atoms with E-state index < -0.39 is 5.97 Å². The van der Waals surface area contributed by atoms with Gasteiger partial charge in [0, 0.05) is 5.39 Å². The summed E-state index contributed by atoms with van der Waals surface area (Å²) < 4.78 is 0. The molecule has 70 valence electrons. The Hall–Kier alpha value is -1.97. The molecule has 1 N–H and O–H groups in total. The highest BCUT2D eigenvalue weighted by molar-refractivity contribution is 5.79. The summed E-state index contributed by atoms with van der Waals surface area (Å²) in [5.74, 6) is -0.894. The van der Waals surface area contributed by atoms with E-state index in [4.69, 9.17) is 5.11 Å². The van der Waals surface area contributed by atoms with Crippen molar-refractivity contribution in [1.29, 1.82) is 0 Å². The van der Waals surface area contributed by atoms with Crippen LogP contribution in [0.25, 0.3) is 10.9 Å². The Bertz CT molecular complexity index is 482. The maximum Gasteiger partial charge on any atom is 0.309 e. The van der Waals surface area contributed by atoms with Gasteiger partial charge in [0.05, 0.1) is 17.6 Å². The van der Waals surface area contributed by atoms with Crippen molar-refractivity contribution in [1.82, 2.24) is 10.2 Å². The van der Waals surface area contributed by atoms with Crippen molar-refractivity contribution >= 4 is 16.9 Å². The van der Waals surface area contributed by atoms with Gasteiger partial charge in [-0.15, -0.1) is 0 Å². The van der Waals surface area contributed by atoms with Crippen LogP contribution in [0.4, 0.5) is 0 Å². The van der Waals surface area contributed by atoms with Gasteiger partial charge < -0.3 is 5.11 Å². The van der Waals surface area contributed by atoms with E-state index in [0.29, 0.717) is 5.69 Å². The molecular weight excluding hydrogens is 180 g/mol. The maximum atomic E-state index is 10.4. The van der Waals surface area contributed by atoms with Crippen molar-refractivity contribution in [2.45, 2.75) is 6.42 Å². The summed E-state index contributed by atoms with van der Waals surface area (Å²) in [4.78, 5) is 10.4. The number of nitrogens with zero attached hydrogens (tertiary/aromatic N) is 2. The van der Waals surface area contributed by atoms with Crippen LogP contribution in [0.5, 0.6) is 0 Å². The fourth-order valence-electron chi connectivity index (χ4n) is 1.27. The van der Waals surface area contributed by atoms with Crippen LogP contribution in [0.1, 0.15) is 5.69 Å². The number of carboxylic acids is 1. The van der Waals surface area contributed by atoms with Gasteiger partial charge in [0.15, 0.2) is 0 Å². The van der Waals surface area contributed by atoms with Gasteiger partial charge in [-0.3, -0.25) is 4.79 Å². The van der Waals surface area contributed by atoms with Crippen molar-refractivity contribution in [3.8, 4) is 0 Å². The van der Waals surface area contributed by atoms with Crippen LogP contribution in [0.3, 0.4) is 0 Å². The Labute approximate surface area is 80.2 Å². The molecule has 4 heteroatoms. The van der Waals surface area contributed by atoms with E-state index in [9.17, 15) is 4.79 Å². The predicted octanol–water partition coefficient (Wildman–Crippen LogP) is 1.26. The molecule has 1 heterocycles. The van der Waals surface area contributed by atoms with Crippen LogP contribution in [-0.4, -0.2) is 21.3 Å². The van der Waals surface area contributed by atoms with Crippen molar-refractivity contribution in [3.05, 3.63) is 36.0 Å². The van der Waals surface area contributed by atoms with Gasteiger partial charge in [0.2, 0.25) is 0 Å². The molecule has 0 aliphatic heterocycles. The number of aliphatic carboxylic acids is 1. The summed E-state index contributed by atoms with van der Waals surface area (Å²) in [6, 6.07) is 9.22. The number of carboxylic acid groups (broad SMARTS) is 1. The third-order valence-corrected chi connectivity index (χ3v) is 1.88. The van der Waals surface area contributed by atoms with Crippen LogP contribution in [0.2, 0.25) is 0 Å². The molecule has 2 rings (SSSR count). The average molecular weight is 188 g/mol. The molecule has 0 aliphatic rings. The lowest BCUT2D eigenvalue weighted by molar-refractivity contribution is -0.136. The summed E-state index contributed by atoms with van der Waals surface area (Å²) in [6.07, 6.45) is -0.0855. The monoisotopic (exact) mass is 188 g/mol. The highest BCUT2D eigenvalue weighted by atomic mass is 16.4. The van der Waals surface area contributed by atoms with Gasteiger partial charge in [-0.25, -0.2) is 0 Å². The first kappa shape index (κ1) is 8.62. The number of rotatable bonds is 2. The second-order valence-corrected chi connectivity index (χ2v) is 2.97. The maximum absolute atomic E-state index is 10.4. The van der Waals surface area contributed by atoms with Crippen molar-refractivity contribution < 1.29 is 9.90 Å². The summed E-state index contributed by atoms with van der Waals surface area (Å²) in [5, 5.41) is 17.2. The second kappa shape index (κ2) is 3.41. The molecule has 1 aromatic carbocycles. The molecule has 0 radical (unpaired) electrons. The van der Waals surface area contributed by atoms with E-state index in [2.05, 4.69) is 10.2 Å². The average Bonchev–Trinajstić information content (AvgIpc) is 2.17. The minimum absolute atomic E-state index is 0.0855. The Morgan fingerprint density at radius 3 is 2.86 bits per heavy atom. The van der Waals surface area contributed by atoms with Crippen molar-refractivity contribution in [3.63, 3.8) is 0 Å². The third-order valence-electron chi connectivity index (χ3n) is 1.88. The van der Waals surface area contributed by atoms with Gasteiger partial charge in [-0.2, -0.15) is 10.2 Å². The lowest BCUT2D eigenvalue weighted by atomic mass is 10.2. The van der Waals surface area contributed by atoms with Crippen LogP contribution in [0.15, 0.2) is 30.3 Å². The first-order valence-electron chi connectivity index (χ1n) is 4.19. The zero-order valence-corrected chi connectivity index (χ0v) is 7.34. The molecule has 2 aromatic rings. The van der Waals surface area contributed by atoms with E-state index in [1.807, 2.05) is 24.3 Å².